The van der Waals surface area contributed by atoms with Crippen LogP contribution in [-0.2, 0) is 4.74 Å². The number of nitrogens with one attached hydrogen (secondary N) is 1. The number of morpholine rings is 1. The van der Waals surface area contributed by atoms with Crippen LogP contribution in [0.2, 0.25) is 0 Å². The van der Waals surface area contributed by atoms with E-state index in [-0.39, 0.29) is 0 Å². The third-order valence-corrected chi connectivity index (χ3v) is 4.01. The van der Waals surface area contributed by atoms with Gasteiger partial charge in [0.1, 0.15) is 0 Å². The van der Waals surface area contributed by atoms with Gasteiger partial charge in [0.15, 0.2) is 0 Å². The van der Waals surface area contributed by atoms with E-state index in [0.717, 1.165) is 47.8 Å². The van der Waals surface area contributed by atoms with Gasteiger partial charge in [0.25, 0.3) is 0 Å². The highest BCUT2D eigenvalue weighted by molar-refractivity contribution is 9.10. The largest absolute Gasteiger partial charge is 0.397 e. The van der Waals surface area contributed by atoms with Crippen molar-refractivity contribution in [1.82, 2.24) is 0 Å². The third-order valence-electron chi connectivity index (χ3n) is 3.52. The summed E-state index contributed by atoms with van der Waals surface area (Å²) in [6.45, 7) is 3.44. The van der Waals surface area contributed by atoms with Crippen molar-refractivity contribution in [2.24, 2.45) is 0 Å². The SMILES string of the molecule is Nc1ccc(Br)cc1Nc1cccc(N2CCOCC2)c1. The number of rotatable bonds is 3. The minimum atomic E-state index is 0.731. The third kappa shape index (κ3) is 3.49. The van der Waals surface area contributed by atoms with E-state index < -0.39 is 0 Å². The smallest absolute Gasteiger partial charge is 0.0642 e. The van der Waals surface area contributed by atoms with Gasteiger partial charge in [-0.1, -0.05) is 22.0 Å². The summed E-state index contributed by atoms with van der Waals surface area (Å²) >= 11 is 3.47. The molecule has 0 radical (unpaired) electrons. The molecular formula is C16H18BrN3O. The number of ether oxygens (including phenoxy) is 1. The molecule has 21 heavy (non-hydrogen) atoms. The molecule has 3 rings (SSSR count). The van der Waals surface area contributed by atoms with E-state index in [1.165, 1.54) is 5.69 Å². The lowest BCUT2D eigenvalue weighted by Gasteiger charge is -2.29. The molecule has 0 unspecified atom stereocenters. The van der Waals surface area contributed by atoms with Crippen LogP contribution < -0.4 is 16.0 Å². The molecule has 2 aromatic carbocycles. The Morgan fingerprint density at radius 2 is 1.90 bits per heavy atom. The van der Waals surface area contributed by atoms with Gasteiger partial charge in [0.2, 0.25) is 0 Å². The topological polar surface area (TPSA) is 50.5 Å². The number of anilines is 4. The molecule has 0 aliphatic carbocycles. The van der Waals surface area contributed by atoms with Crippen molar-refractivity contribution in [2.45, 2.75) is 0 Å². The van der Waals surface area contributed by atoms with Crippen LogP contribution in [0.5, 0.6) is 0 Å². The van der Waals surface area contributed by atoms with E-state index in [0.29, 0.717) is 0 Å². The van der Waals surface area contributed by atoms with Crippen molar-refractivity contribution >= 4 is 38.7 Å². The van der Waals surface area contributed by atoms with Crippen LogP contribution in [0.25, 0.3) is 0 Å². The van der Waals surface area contributed by atoms with Crippen molar-refractivity contribution < 1.29 is 4.74 Å². The minimum absolute atomic E-state index is 0.731. The van der Waals surface area contributed by atoms with Crippen molar-refractivity contribution in [3.63, 3.8) is 0 Å². The highest BCUT2D eigenvalue weighted by Gasteiger charge is 2.11. The fourth-order valence-electron chi connectivity index (χ4n) is 2.39. The minimum Gasteiger partial charge on any atom is -0.397 e. The molecule has 1 saturated heterocycles. The molecule has 2 aromatic rings. The molecule has 0 spiro atoms. The Hall–Kier alpha value is -1.72. The molecule has 1 fully saturated rings. The van der Waals surface area contributed by atoms with Gasteiger partial charge in [-0.2, -0.15) is 0 Å². The van der Waals surface area contributed by atoms with E-state index in [4.69, 9.17) is 10.5 Å². The molecular weight excluding hydrogens is 330 g/mol. The molecule has 4 nitrogen and oxygen atoms in total. The van der Waals surface area contributed by atoms with Gasteiger partial charge >= 0.3 is 0 Å². The summed E-state index contributed by atoms with van der Waals surface area (Å²) in [4.78, 5) is 2.33. The zero-order valence-electron chi connectivity index (χ0n) is 11.7. The lowest BCUT2D eigenvalue weighted by Crippen LogP contribution is -2.36. The molecule has 1 aliphatic rings. The van der Waals surface area contributed by atoms with E-state index in [1.54, 1.807) is 0 Å². The van der Waals surface area contributed by atoms with Gasteiger partial charge in [-0.25, -0.2) is 0 Å². The normalized spacial score (nSPS) is 15.0. The van der Waals surface area contributed by atoms with Gasteiger partial charge in [-0.15, -0.1) is 0 Å². The fourth-order valence-corrected chi connectivity index (χ4v) is 2.76. The number of nitrogens with zero attached hydrogens (tertiary/aromatic N) is 1. The highest BCUT2D eigenvalue weighted by atomic mass is 79.9. The molecule has 110 valence electrons. The lowest BCUT2D eigenvalue weighted by atomic mass is 10.2. The molecule has 0 saturated carbocycles. The fraction of sp³-hybridized carbons (Fsp3) is 0.250. The molecule has 0 bridgehead atoms. The number of benzene rings is 2. The molecule has 0 atom stereocenters. The average Bonchev–Trinajstić information content (AvgIpc) is 2.52. The Morgan fingerprint density at radius 3 is 2.71 bits per heavy atom. The molecule has 1 aliphatic heterocycles. The second-order valence-electron chi connectivity index (χ2n) is 5.01. The van der Waals surface area contributed by atoms with Crippen molar-refractivity contribution in [3.05, 3.63) is 46.9 Å². The summed E-state index contributed by atoms with van der Waals surface area (Å²) in [5, 5.41) is 3.38. The summed E-state index contributed by atoms with van der Waals surface area (Å²) in [6.07, 6.45) is 0. The van der Waals surface area contributed by atoms with E-state index >= 15 is 0 Å². The van der Waals surface area contributed by atoms with Crippen molar-refractivity contribution in [2.75, 3.05) is 42.3 Å². The zero-order chi connectivity index (χ0) is 14.7. The van der Waals surface area contributed by atoms with Crippen molar-refractivity contribution in [3.8, 4) is 0 Å². The number of hydrogen-bond donors (Lipinski definition) is 2. The first kappa shape index (κ1) is 14.2. The predicted molar refractivity (Wildman–Crippen MR) is 91.3 cm³/mol. The Labute approximate surface area is 133 Å². The summed E-state index contributed by atoms with van der Waals surface area (Å²) in [5.41, 5.74) is 9.88. The number of nitrogens with two attached hydrogens (primary N) is 1. The van der Waals surface area contributed by atoms with Crippen LogP contribution in [0.4, 0.5) is 22.7 Å². The average molecular weight is 348 g/mol. The predicted octanol–water partition coefficient (Wildman–Crippen LogP) is 3.61. The Kier molecular flexibility index (Phi) is 4.31. The van der Waals surface area contributed by atoms with Crippen LogP contribution >= 0.6 is 15.9 Å². The Bertz CT molecular complexity index is 627. The standard InChI is InChI=1S/C16H18BrN3O/c17-12-4-5-15(18)16(10-12)19-13-2-1-3-14(11-13)20-6-8-21-9-7-20/h1-5,10-11,19H,6-9,18H2. The maximum atomic E-state index is 6.01. The van der Waals surface area contributed by atoms with E-state index in [9.17, 15) is 0 Å². The number of nitrogen functional groups attached to an aromatic ring is 1. The maximum absolute atomic E-state index is 6.01. The Morgan fingerprint density at radius 1 is 1.10 bits per heavy atom. The number of hydrogen-bond acceptors (Lipinski definition) is 4. The molecule has 0 amide bonds. The van der Waals surface area contributed by atoms with Gasteiger partial charge in [0, 0.05) is 28.9 Å². The molecule has 1 heterocycles. The summed E-state index contributed by atoms with van der Waals surface area (Å²) in [6, 6.07) is 14.2. The Balaban J connectivity index is 1.81. The van der Waals surface area contributed by atoms with Crippen LogP contribution in [0.15, 0.2) is 46.9 Å². The van der Waals surface area contributed by atoms with Gasteiger partial charge in [-0.3, -0.25) is 0 Å². The first-order valence-corrected chi connectivity index (χ1v) is 7.76. The van der Waals surface area contributed by atoms with Crippen LogP contribution in [0, 0.1) is 0 Å². The highest BCUT2D eigenvalue weighted by Crippen LogP contribution is 2.28. The first-order chi connectivity index (χ1) is 10.2. The van der Waals surface area contributed by atoms with Gasteiger partial charge in [0.05, 0.1) is 24.6 Å². The molecule has 5 heteroatoms. The second-order valence-corrected chi connectivity index (χ2v) is 5.92. The molecule has 3 N–H and O–H groups in total. The van der Waals surface area contributed by atoms with Crippen LogP contribution in [0.3, 0.4) is 0 Å². The quantitative estimate of drug-likeness (QED) is 0.832. The van der Waals surface area contributed by atoms with Crippen LogP contribution in [0.1, 0.15) is 0 Å². The maximum Gasteiger partial charge on any atom is 0.0642 e. The summed E-state index contributed by atoms with van der Waals surface area (Å²) in [7, 11) is 0. The van der Waals surface area contributed by atoms with Crippen LogP contribution in [-0.4, -0.2) is 26.3 Å². The first-order valence-electron chi connectivity index (χ1n) is 6.97. The van der Waals surface area contributed by atoms with E-state index in [2.05, 4.69) is 44.3 Å². The summed E-state index contributed by atoms with van der Waals surface area (Å²) in [5.74, 6) is 0. The van der Waals surface area contributed by atoms with Crippen molar-refractivity contribution in [1.29, 1.82) is 0 Å². The summed E-state index contributed by atoms with van der Waals surface area (Å²) < 4.78 is 6.40. The molecule has 0 aromatic heterocycles. The van der Waals surface area contributed by atoms with Gasteiger partial charge < -0.3 is 20.7 Å². The second kappa shape index (κ2) is 6.37. The van der Waals surface area contributed by atoms with Gasteiger partial charge in [-0.05, 0) is 36.4 Å². The van der Waals surface area contributed by atoms with E-state index in [1.807, 2.05) is 24.3 Å². The number of halogens is 1. The lowest BCUT2D eigenvalue weighted by molar-refractivity contribution is 0.122. The monoisotopic (exact) mass is 347 g/mol. The zero-order valence-corrected chi connectivity index (χ0v) is 13.3.